The lowest BCUT2D eigenvalue weighted by molar-refractivity contribution is 0.628. The number of anilines is 1. The first kappa shape index (κ1) is 18.0. The molecule has 2 aromatic carbocycles. The van der Waals surface area contributed by atoms with E-state index >= 15 is 0 Å². The molecule has 0 amide bonds. The Labute approximate surface area is 165 Å². The fraction of sp³-hybridized carbons (Fsp3) is 0.0952. The number of aromatic amines is 1. The third-order valence-electron chi connectivity index (χ3n) is 4.16. The number of hydrogen-bond acceptors (Lipinski definition) is 5. The second-order valence-electron chi connectivity index (χ2n) is 6.05. The van der Waals surface area contributed by atoms with Gasteiger partial charge in [0.1, 0.15) is 17.7 Å². The number of thioether (sulfide) groups is 1. The summed E-state index contributed by atoms with van der Waals surface area (Å²) in [7, 11) is 0. The molecule has 5 nitrogen and oxygen atoms in total. The summed E-state index contributed by atoms with van der Waals surface area (Å²) in [5, 5.41) is 13.4. The fourth-order valence-corrected chi connectivity index (χ4v) is 3.52. The van der Waals surface area contributed by atoms with Crippen molar-refractivity contribution < 1.29 is 4.39 Å². The molecule has 0 unspecified atom stereocenters. The summed E-state index contributed by atoms with van der Waals surface area (Å²) in [5.41, 5.74) is 3.91. The van der Waals surface area contributed by atoms with Crippen LogP contribution in [0.3, 0.4) is 0 Å². The average Bonchev–Trinajstić information content (AvgIpc) is 3.14. The quantitative estimate of drug-likeness (QED) is 0.364. The van der Waals surface area contributed by atoms with E-state index in [1.165, 1.54) is 12.1 Å². The third kappa shape index (κ3) is 3.97. The van der Waals surface area contributed by atoms with E-state index in [0.717, 1.165) is 27.5 Å². The van der Waals surface area contributed by atoms with Crippen LogP contribution in [0.5, 0.6) is 0 Å². The average molecular weight is 389 g/mol. The summed E-state index contributed by atoms with van der Waals surface area (Å²) in [6, 6.07) is 19.7. The second-order valence-corrected chi connectivity index (χ2v) is 7.13. The van der Waals surface area contributed by atoms with Crippen LogP contribution in [0.4, 0.5) is 10.2 Å². The maximum atomic E-state index is 13.1. The van der Waals surface area contributed by atoms with Crippen molar-refractivity contribution in [3.63, 3.8) is 0 Å². The highest BCUT2D eigenvalue weighted by Gasteiger charge is 2.08. The van der Waals surface area contributed by atoms with Gasteiger partial charge in [0, 0.05) is 17.9 Å². The van der Waals surface area contributed by atoms with Crippen LogP contribution in [0.15, 0.2) is 65.8 Å². The van der Waals surface area contributed by atoms with Crippen LogP contribution < -0.4 is 5.32 Å². The first-order valence-electron chi connectivity index (χ1n) is 8.71. The van der Waals surface area contributed by atoms with Gasteiger partial charge in [-0.2, -0.15) is 5.26 Å². The number of nitrogens with one attached hydrogen (secondary N) is 2. The van der Waals surface area contributed by atoms with Crippen molar-refractivity contribution in [3.8, 4) is 17.3 Å². The number of aromatic nitrogens is 3. The van der Waals surface area contributed by atoms with Gasteiger partial charge in [-0.25, -0.2) is 14.4 Å². The zero-order chi connectivity index (χ0) is 19.3. The van der Waals surface area contributed by atoms with Crippen molar-refractivity contribution >= 4 is 28.6 Å². The van der Waals surface area contributed by atoms with E-state index in [1.54, 1.807) is 36.0 Å². The largest absolute Gasteiger partial charge is 0.368 e. The standard InChI is InChI=1S/C21H16FN5S/c22-16-8-5-14(6-9-16)17-10-7-15(13-23)20(25-17)24-11-12-28-21-26-18-3-1-2-4-19(18)27-21/h1-10H,11-12H2,(H,24,25)(H,26,27). The lowest BCUT2D eigenvalue weighted by atomic mass is 10.1. The molecule has 2 aromatic heterocycles. The highest BCUT2D eigenvalue weighted by atomic mass is 32.2. The molecule has 2 heterocycles. The van der Waals surface area contributed by atoms with Crippen molar-refractivity contribution in [2.24, 2.45) is 0 Å². The predicted octanol–water partition coefficient (Wildman–Crippen LogP) is 4.84. The minimum absolute atomic E-state index is 0.293. The lowest BCUT2D eigenvalue weighted by Gasteiger charge is -2.09. The van der Waals surface area contributed by atoms with Gasteiger partial charge in [0.05, 0.1) is 22.3 Å². The van der Waals surface area contributed by atoms with Gasteiger partial charge in [-0.3, -0.25) is 0 Å². The molecule has 138 valence electrons. The van der Waals surface area contributed by atoms with Crippen LogP contribution in [-0.4, -0.2) is 27.2 Å². The molecule has 0 atom stereocenters. The predicted molar refractivity (Wildman–Crippen MR) is 110 cm³/mol. The Hall–Kier alpha value is -3.37. The maximum absolute atomic E-state index is 13.1. The summed E-state index contributed by atoms with van der Waals surface area (Å²) < 4.78 is 13.1. The van der Waals surface area contributed by atoms with Crippen LogP contribution in [0.25, 0.3) is 22.3 Å². The molecule has 0 spiro atoms. The maximum Gasteiger partial charge on any atom is 0.166 e. The number of benzene rings is 2. The van der Waals surface area contributed by atoms with Crippen LogP contribution >= 0.6 is 11.8 Å². The molecule has 0 saturated carbocycles. The van der Waals surface area contributed by atoms with Crippen LogP contribution in [0.1, 0.15) is 5.56 Å². The number of para-hydroxylation sites is 2. The Morgan fingerprint density at radius 1 is 1.04 bits per heavy atom. The van der Waals surface area contributed by atoms with Crippen LogP contribution in [0.2, 0.25) is 0 Å². The molecule has 0 saturated heterocycles. The number of imidazole rings is 1. The van der Waals surface area contributed by atoms with Crippen LogP contribution in [-0.2, 0) is 0 Å². The molecule has 2 N–H and O–H groups in total. The topological polar surface area (TPSA) is 77.4 Å². The van der Waals surface area contributed by atoms with Gasteiger partial charge >= 0.3 is 0 Å². The second kappa shape index (κ2) is 8.11. The van der Waals surface area contributed by atoms with E-state index in [2.05, 4.69) is 26.3 Å². The minimum Gasteiger partial charge on any atom is -0.368 e. The van der Waals surface area contributed by atoms with E-state index in [0.29, 0.717) is 23.6 Å². The van der Waals surface area contributed by atoms with Gasteiger partial charge in [-0.15, -0.1) is 0 Å². The molecular weight excluding hydrogens is 373 g/mol. The highest BCUT2D eigenvalue weighted by Crippen LogP contribution is 2.23. The van der Waals surface area contributed by atoms with Gasteiger partial charge in [0.25, 0.3) is 0 Å². The number of pyridine rings is 1. The lowest BCUT2D eigenvalue weighted by Crippen LogP contribution is -2.08. The number of halogens is 1. The van der Waals surface area contributed by atoms with E-state index in [-0.39, 0.29) is 5.82 Å². The summed E-state index contributed by atoms with van der Waals surface area (Å²) in [5.74, 6) is 0.987. The van der Waals surface area contributed by atoms with E-state index in [4.69, 9.17) is 0 Å². The Kier molecular flexibility index (Phi) is 5.22. The first-order chi connectivity index (χ1) is 13.7. The third-order valence-corrected chi connectivity index (χ3v) is 5.03. The zero-order valence-corrected chi connectivity index (χ0v) is 15.6. The smallest absolute Gasteiger partial charge is 0.166 e. The first-order valence-corrected chi connectivity index (χ1v) is 9.70. The molecule has 4 rings (SSSR count). The Balaban J connectivity index is 1.42. The van der Waals surface area contributed by atoms with Crippen molar-refractivity contribution in [1.82, 2.24) is 15.0 Å². The van der Waals surface area contributed by atoms with E-state index < -0.39 is 0 Å². The number of H-pyrrole nitrogens is 1. The summed E-state index contributed by atoms with van der Waals surface area (Å²) >= 11 is 1.60. The van der Waals surface area contributed by atoms with Crippen molar-refractivity contribution in [1.29, 1.82) is 5.26 Å². The molecular formula is C21H16FN5S. The Bertz CT molecular complexity index is 1110. The van der Waals surface area contributed by atoms with Gasteiger partial charge in [0.2, 0.25) is 0 Å². The monoisotopic (exact) mass is 389 g/mol. The highest BCUT2D eigenvalue weighted by molar-refractivity contribution is 7.99. The number of rotatable bonds is 6. The minimum atomic E-state index is -0.293. The number of nitrogens with zero attached hydrogens (tertiary/aromatic N) is 3. The van der Waals surface area contributed by atoms with Gasteiger partial charge in [-0.1, -0.05) is 23.9 Å². The zero-order valence-electron chi connectivity index (χ0n) is 14.8. The molecule has 0 aliphatic carbocycles. The van der Waals surface area contributed by atoms with Crippen molar-refractivity contribution in [2.75, 3.05) is 17.6 Å². The summed E-state index contributed by atoms with van der Waals surface area (Å²) in [6.07, 6.45) is 0. The van der Waals surface area contributed by atoms with Gasteiger partial charge in [-0.05, 0) is 48.5 Å². The number of fused-ring (bicyclic) bond motifs is 1. The van der Waals surface area contributed by atoms with Gasteiger partial charge < -0.3 is 10.3 Å². The molecule has 0 fully saturated rings. The molecule has 4 aromatic rings. The van der Waals surface area contributed by atoms with Crippen molar-refractivity contribution in [3.05, 3.63) is 72.0 Å². The summed E-state index contributed by atoms with van der Waals surface area (Å²) in [6.45, 7) is 0.621. The number of nitriles is 1. The SMILES string of the molecule is N#Cc1ccc(-c2ccc(F)cc2)nc1NCCSc1nc2ccccc2[nH]1. The van der Waals surface area contributed by atoms with E-state index in [9.17, 15) is 9.65 Å². The molecule has 28 heavy (non-hydrogen) atoms. The fourth-order valence-electron chi connectivity index (χ4n) is 2.78. The molecule has 7 heteroatoms. The Morgan fingerprint density at radius 2 is 1.86 bits per heavy atom. The Morgan fingerprint density at radius 3 is 2.64 bits per heavy atom. The molecule has 0 bridgehead atoms. The van der Waals surface area contributed by atoms with Crippen molar-refractivity contribution in [2.45, 2.75) is 5.16 Å². The molecule has 0 aliphatic rings. The molecule has 0 aliphatic heterocycles. The normalized spacial score (nSPS) is 10.7. The van der Waals surface area contributed by atoms with Gasteiger partial charge in [0.15, 0.2) is 5.16 Å². The summed E-state index contributed by atoms with van der Waals surface area (Å²) in [4.78, 5) is 12.3. The number of hydrogen-bond donors (Lipinski definition) is 2. The van der Waals surface area contributed by atoms with E-state index in [1.807, 2.05) is 24.3 Å². The molecule has 0 radical (unpaired) electrons. The van der Waals surface area contributed by atoms with Crippen LogP contribution in [0, 0.1) is 17.1 Å².